The van der Waals surface area contributed by atoms with Crippen molar-refractivity contribution in [3.8, 4) is 5.75 Å². The number of rotatable bonds is 9. The van der Waals surface area contributed by atoms with Crippen molar-refractivity contribution >= 4 is 21.6 Å². The van der Waals surface area contributed by atoms with Crippen LogP contribution in [-0.2, 0) is 16.6 Å². The zero-order chi connectivity index (χ0) is 15.0. The molecule has 5 nitrogen and oxygen atoms in total. The summed E-state index contributed by atoms with van der Waals surface area (Å²) in [6.07, 6.45) is 0.976. The number of benzene rings is 1. The zero-order valence-electron chi connectivity index (χ0n) is 11.8. The smallest absolute Gasteiger partial charge is 0.213 e. The van der Waals surface area contributed by atoms with Gasteiger partial charge in [0.05, 0.1) is 12.9 Å². The van der Waals surface area contributed by atoms with E-state index in [2.05, 4.69) is 10.0 Å². The molecule has 0 heterocycles. The molecule has 1 aromatic rings. The molecule has 0 atom stereocenters. The van der Waals surface area contributed by atoms with Gasteiger partial charge in [-0.25, -0.2) is 13.1 Å². The number of hydrogen-bond acceptors (Lipinski definition) is 4. The van der Waals surface area contributed by atoms with Crippen LogP contribution < -0.4 is 14.8 Å². The number of nitrogens with one attached hydrogen (secondary N) is 2. The Bertz CT molecular complexity index is 520. The van der Waals surface area contributed by atoms with Crippen molar-refractivity contribution in [3.05, 3.63) is 28.8 Å². The molecule has 0 aromatic heterocycles. The molecule has 0 fully saturated rings. The molecule has 0 aliphatic rings. The second kappa shape index (κ2) is 8.46. The van der Waals surface area contributed by atoms with E-state index < -0.39 is 10.0 Å². The van der Waals surface area contributed by atoms with Crippen molar-refractivity contribution in [1.29, 1.82) is 0 Å². The van der Waals surface area contributed by atoms with E-state index in [9.17, 15) is 8.42 Å². The fourth-order valence-corrected chi connectivity index (χ4v) is 2.82. The van der Waals surface area contributed by atoms with Gasteiger partial charge in [0.15, 0.2) is 0 Å². The summed E-state index contributed by atoms with van der Waals surface area (Å²) in [6, 6.07) is 5.21. The lowest BCUT2D eigenvalue weighted by molar-refractivity contribution is 0.409. The third kappa shape index (κ3) is 5.66. The van der Waals surface area contributed by atoms with Crippen molar-refractivity contribution in [2.24, 2.45) is 0 Å². The van der Waals surface area contributed by atoms with Gasteiger partial charge in [0.1, 0.15) is 5.75 Å². The van der Waals surface area contributed by atoms with Crippen LogP contribution in [0.4, 0.5) is 0 Å². The molecule has 0 amide bonds. The van der Waals surface area contributed by atoms with Gasteiger partial charge < -0.3 is 10.1 Å². The number of methoxy groups -OCH3 is 1. The van der Waals surface area contributed by atoms with E-state index in [1.807, 2.05) is 6.92 Å². The minimum absolute atomic E-state index is 0.0414. The molecule has 2 N–H and O–H groups in total. The number of sulfonamides is 1. The first-order chi connectivity index (χ1) is 9.50. The molecule has 1 rings (SSSR count). The Morgan fingerprint density at radius 3 is 2.70 bits per heavy atom. The fraction of sp³-hybridized carbons (Fsp3) is 0.538. The van der Waals surface area contributed by atoms with Gasteiger partial charge in [-0.3, -0.25) is 0 Å². The first-order valence-electron chi connectivity index (χ1n) is 6.49. The Hall–Kier alpha value is -0.820. The van der Waals surface area contributed by atoms with Crippen molar-refractivity contribution < 1.29 is 13.2 Å². The molecule has 0 aliphatic carbocycles. The van der Waals surface area contributed by atoms with Gasteiger partial charge in [-0.1, -0.05) is 24.6 Å². The molecule has 7 heteroatoms. The Balaban J connectivity index is 2.58. The molecule has 0 unspecified atom stereocenters. The van der Waals surface area contributed by atoms with Crippen LogP contribution >= 0.6 is 11.6 Å². The molecule has 0 bridgehead atoms. The van der Waals surface area contributed by atoms with Crippen LogP contribution in [0.5, 0.6) is 5.75 Å². The van der Waals surface area contributed by atoms with Crippen molar-refractivity contribution in [2.75, 3.05) is 26.0 Å². The monoisotopic (exact) mass is 320 g/mol. The minimum atomic E-state index is -3.33. The zero-order valence-corrected chi connectivity index (χ0v) is 13.4. The largest absolute Gasteiger partial charge is 0.496 e. The van der Waals surface area contributed by atoms with Crippen molar-refractivity contribution in [2.45, 2.75) is 19.9 Å². The molecule has 114 valence electrons. The molecule has 0 saturated carbocycles. The van der Waals surface area contributed by atoms with E-state index in [1.54, 1.807) is 18.2 Å². The molecule has 0 saturated heterocycles. The van der Waals surface area contributed by atoms with E-state index in [0.29, 0.717) is 22.9 Å². The maximum absolute atomic E-state index is 11.8. The third-order valence-corrected chi connectivity index (χ3v) is 4.42. The quantitative estimate of drug-likeness (QED) is 0.680. The molecule has 0 radical (unpaired) electrons. The van der Waals surface area contributed by atoms with E-state index in [0.717, 1.165) is 13.0 Å². The van der Waals surface area contributed by atoms with Gasteiger partial charge in [0.2, 0.25) is 10.0 Å². The second-order valence-corrected chi connectivity index (χ2v) is 6.64. The van der Waals surface area contributed by atoms with Crippen molar-refractivity contribution in [3.63, 3.8) is 0 Å². The molecular weight excluding hydrogens is 300 g/mol. The van der Waals surface area contributed by atoms with E-state index in [4.69, 9.17) is 16.3 Å². The van der Waals surface area contributed by atoms with Crippen LogP contribution in [0.2, 0.25) is 5.02 Å². The lowest BCUT2D eigenvalue weighted by Gasteiger charge is -2.12. The Kier molecular flexibility index (Phi) is 7.29. The van der Waals surface area contributed by atoms with Crippen LogP contribution in [0.3, 0.4) is 0 Å². The number of ether oxygens (including phenoxy) is 1. The predicted molar refractivity (Wildman–Crippen MR) is 81.8 cm³/mol. The SMILES string of the molecule is CCCNCCS(=O)(=O)NCc1c(Cl)cccc1OC. The summed E-state index contributed by atoms with van der Waals surface area (Å²) in [5, 5.41) is 3.54. The maximum Gasteiger partial charge on any atom is 0.213 e. The summed E-state index contributed by atoms with van der Waals surface area (Å²) >= 11 is 6.06. The van der Waals surface area contributed by atoms with Crippen LogP contribution in [-0.4, -0.2) is 34.4 Å². The van der Waals surface area contributed by atoms with Gasteiger partial charge in [-0.05, 0) is 25.1 Å². The first-order valence-corrected chi connectivity index (χ1v) is 8.52. The second-order valence-electron chi connectivity index (χ2n) is 4.31. The fourth-order valence-electron chi connectivity index (χ4n) is 1.66. The van der Waals surface area contributed by atoms with E-state index in [1.165, 1.54) is 7.11 Å². The van der Waals surface area contributed by atoms with Gasteiger partial charge in [-0.2, -0.15) is 0 Å². The number of halogens is 1. The molecule has 20 heavy (non-hydrogen) atoms. The number of hydrogen-bond donors (Lipinski definition) is 2. The van der Waals surface area contributed by atoms with Crippen LogP contribution in [0.25, 0.3) is 0 Å². The lowest BCUT2D eigenvalue weighted by Crippen LogP contribution is -2.32. The predicted octanol–water partition coefficient (Wildman–Crippen LogP) is 1.77. The topological polar surface area (TPSA) is 67.4 Å². The molecule has 0 spiro atoms. The standard InChI is InChI=1S/C13H21ClN2O3S/c1-3-7-15-8-9-20(17,18)16-10-11-12(14)5-4-6-13(11)19-2/h4-6,15-16H,3,7-10H2,1-2H3. The van der Waals surface area contributed by atoms with E-state index >= 15 is 0 Å². The van der Waals surface area contributed by atoms with Gasteiger partial charge in [-0.15, -0.1) is 0 Å². The average Bonchev–Trinajstić information content (AvgIpc) is 2.42. The molecular formula is C13H21ClN2O3S. The van der Waals surface area contributed by atoms with Crippen molar-refractivity contribution in [1.82, 2.24) is 10.0 Å². The normalized spacial score (nSPS) is 11.6. The summed E-state index contributed by atoms with van der Waals surface area (Å²) in [7, 11) is -1.80. The average molecular weight is 321 g/mol. The maximum atomic E-state index is 11.8. The lowest BCUT2D eigenvalue weighted by atomic mass is 10.2. The third-order valence-electron chi connectivity index (χ3n) is 2.74. The summed E-state index contributed by atoms with van der Waals surface area (Å²) < 4.78 is 31.4. The van der Waals surface area contributed by atoms with Crippen LogP contribution in [0.15, 0.2) is 18.2 Å². The highest BCUT2D eigenvalue weighted by atomic mass is 35.5. The van der Waals surface area contributed by atoms with Gasteiger partial charge in [0, 0.05) is 23.7 Å². The summed E-state index contributed by atoms with van der Waals surface area (Å²) in [4.78, 5) is 0. The van der Waals surface area contributed by atoms with Crippen LogP contribution in [0, 0.1) is 0 Å². The highest BCUT2D eigenvalue weighted by Gasteiger charge is 2.13. The van der Waals surface area contributed by atoms with Crippen LogP contribution in [0.1, 0.15) is 18.9 Å². The van der Waals surface area contributed by atoms with Gasteiger partial charge >= 0.3 is 0 Å². The Labute approximate surface area is 125 Å². The Morgan fingerprint density at radius 2 is 2.05 bits per heavy atom. The highest BCUT2D eigenvalue weighted by molar-refractivity contribution is 7.89. The summed E-state index contributed by atoms with van der Waals surface area (Å²) in [6.45, 7) is 3.40. The Morgan fingerprint density at radius 1 is 1.30 bits per heavy atom. The molecule has 0 aliphatic heterocycles. The van der Waals surface area contributed by atoms with Gasteiger partial charge in [0.25, 0.3) is 0 Å². The summed E-state index contributed by atoms with van der Waals surface area (Å²) in [5.41, 5.74) is 0.641. The molecule has 1 aromatic carbocycles. The minimum Gasteiger partial charge on any atom is -0.496 e. The van der Waals surface area contributed by atoms with E-state index in [-0.39, 0.29) is 12.3 Å². The first kappa shape index (κ1) is 17.2. The summed E-state index contributed by atoms with van der Waals surface area (Å²) in [5.74, 6) is 0.615. The highest BCUT2D eigenvalue weighted by Crippen LogP contribution is 2.25.